The predicted octanol–water partition coefficient (Wildman–Crippen LogP) is 3.14. The van der Waals surface area contributed by atoms with Crippen LogP contribution in [0.3, 0.4) is 0 Å². The fourth-order valence-electron chi connectivity index (χ4n) is 1.86. The van der Waals surface area contributed by atoms with Gasteiger partial charge in [-0.2, -0.15) is 0 Å². The van der Waals surface area contributed by atoms with Crippen LogP contribution in [0.4, 0.5) is 0 Å². The Kier molecular flexibility index (Phi) is 5.59. The van der Waals surface area contributed by atoms with Gasteiger partial charge in [0, 0.05) is 12.5 Å². The molecule has 0 fully saturated rings. The van der Waals surface area contributed by atoms with E-state index in [1.165, 1.54) is 0 Å². The first-order valence-corrected chi connectivity index (χ1v) is 7.48. The van der Waals surface area contributed by atoms with Crippen molar-refractivity contribution in [1.82, 2.24) is 10.2 Å². The molecule has 0 spiro atoms. The van der Waals surface area contributed by atoms with Crippen LogP contribution in [0.2, 0.25) is 5.02 Å². The number of rotatable bonds is 7. The first-order valence-electron chi connectivity index (χ1n) is 7.10. The highest BCUT2D eigenvalue weighted by molar-refractivity contribution is 6.32. The maximum Gasteiger partial charge on any atom is 0.253 e. The van der Waals surface area contributed by atoms with Crippen molar-refractivity contribution in [3.05, 3.63) is 40.6 Å². The van der Waals surface area contributed by atoms with E-state index in [0.29, 0.717) is 29.0 Å². The summed E-state index contributed by atoms with van der Waals surface area (Å²) >= 11 is 6.22. The van der Waals surface area contributed by atoms with Crippen LogP contribution < -0.4 is 10.5 Å². The van der Waals surface area contributed by atoms with E-state index < -0.39 is 0 Å². The van der Waals surface area contributed by atoms with Crippen LogP contribution in [0.15, 0.2) is 22.6 Å². The van der Waals surface area contributed by atoms with Crippen LogP contribution in [0.25, 0.3) is 0 Å². The molecule has 2 N–H and O–H groups in total. The average Bonchev–Trinajstić information content (AvgIpc) is 2.94. The van der Waals surface area contributed by atoms with Crippen LogP contribution in [-0.2, 0) is 19.4 Å². The van der Waals surface area contributed by atoms with Crippen molar-refractivity contribution in [2.24, 2.45) is 5.73 Å². The molecule has 0 saturated carbocycles. The van der Waals surface area contributed by atoms with Crippen LogP contribution in [-0.4, -0.2) is 16.2 Å². The first kappa shape index (κ1) is 15.8. The smallest absolute Gasteiger partial charge is 0.253 e. The molecule has 114 valence electrons. The summed E-state index contributed by atoms with van der Waals surface area (Å²) in [6, 6.07) is 5.86. The molecule has 1 atom stereocenters. The van der Waals surface area contributed by atoms with Gasteiger partial charge in [-0.15, -0.1) is 10.2 Å². The molecule has 1 heterocycles. The zero-order valence-electron chi connectivity index (χ0n) is 12.3. The van der Waals surface area contributed by atoms with Gasteiger partial charge in [-0.1, -0.05) is 31.5 Å². The highest BCUT2D eigenvalue weighted by Gasteiger charge is 2.09. The number of aryl methyl sites for hydroxylation is 1. The Morgan fingerprint density at radius 3 is 2.67 bits per heavy atom. The molecule has 1 aromatic carbocycles. The van der Waals surface area contributed by atoms with E-state index in [9.17, 15) is 0 Å². The summed E-state index contributed by atoms with van der Waals surface area (Å²) in [5.41, 5.74) is 7.05. The minimum atomic E-state index is 0.152. The van der Waals surface area contributed by atoms with Gasteiger partial charge >= 0.3 is 0 Å². The summed E-state index contributed by atoms with van der Waals surface area (Å²) in [5, 5.41) is 8.34. The zero-order valence-corrected chi connectivity index (χ0v) is 13.1. The Morgan fingerprint density at radius 2 is 2.05 bits per heavy atom. The summed E-state index contributed by atoms with van der Waals surface area (Å²) in [4.78, 5) is 0. The summed E-state index contributed by atoms with van der Waals surface area (Å²) in [7, 11) is 0. The molecular weight excluding hydrogens is 290 g/mol. The lowest BCUT2D eigenvalue weighted by molar-refractivity contribution is 0.259. The third kappa shape index (κ3) is 4.44. The number of hydrogen-bond donors (Lipinski definition) is 1. The van der Waals surface area contributed by atoms with Crippen molar-refractivity contribution in [1.29, 1.82) is 0 Å². The number of benzene rings is 1. The molecule has 1 aromatic heterocycles. The predicted molar refractivity (Wildman–Crippen MR) is 81.4 cm³/mol. The minimum absolute atomic E-state index is 0.152. The maximum atomic E-state index is 6.22. The fourth-order valence-corrected chi connectivity index (χ4v) is 2.12. The monoisotopic (exact) mass is 309 g/mol. The minimum Gasteiger partial charge on any atom is -0.482 e. The summed E-state index contributed by atoms with van der Waals surface area (Å²) in [6.45, 7) is 4.23. The van der Waals surface area contributed by atoms with Crippen LogP contribution in [0.1, 0.15) is 37.6 Å². The highest BCUT2D eigenvalue weighted by Crippen LogP contribution is 2.26. The molecule has 0 amide bonds. The van der Waals surface area contributed by atoms with Crippen molar-refractivity contribution in [2.75, 3.05) is 0 Å². The van der Waals surface area contributed by atoms with Crippen molar-refractivity contribution < 1.29 is 9.15 Å². The molecule has 21 heavy (non-hydrogen) atoms. The molecule has 0 aliphatic rings. The van der Waals surface area contributed by atoms with E-state index in [-0.39, 0.29) is 12.6 Å². The zero-order chi connectivity index (χ0) is 15.2. The largest absolute Gasteiger partial charge is 0.482 e. The van der Waals surface area contributed by atoms with Gasteiger partial charge in [0.25, 0.3) is 5.89 Å². The number of nitrogens with two attached hydrogens (primary N) is 1. The Labute approximate surface area is 129 Å². The van der Waals surface area contributed by atoms with Crippen molar-refractivity contribution in [3.8, 4) is 5.75 Å². The average molecular weight is 310 g/mol. The van der Waals surface area contributed by atoms with E-state index in [0.717, 1.165) is 18.4 Å². The Bertz CT molecular complexity index is 586. The van der Waals surface area contributed by atoms with Gasteiger partial charge in [-0.25, -0.2) is 0 Å². The molecule has 2 aromatic rings. The second-order valence-corrected chi connectivity index (χ2v) is 5.28. The summed E-state index contributed by atoms with van der Waals surface area (Å²) < 4.78 is 11.0. The summed E-state index contributed by atoms with van der Waals surface area (Å²) in [6.07, 6.45) is 2.45. The second-order valence-electron chi connectivity index (χ2n) is 4.87. The number of halogens is 1. The van der Waals surface area contributed by atoms with Crippen LogP contribution in [0, 0.1) is 0 Å². The lowest BCUT2D eigenvalue weighted by Gasteiger charge is -2.11. The highest BCUT2D eigenvalue weighted by atomic mass is 35.5. The summed E-state index contributed by atoms with van der Waals surface area (Å²) in [5.74, 6) is 1.64. The van der Waals surface area contributed by atoms with Crippen molar-refractivity contribution in [3.63, 3.8) is 0 Å². The normalized spacial score (nSPS) is 12.4. The van der Waals surface area contributed by atoms with Gasteiger partial charge in [-0.3, -0.25) is 0 Å². The third-order valence-electron chi connectivity index (χ3n) is 3.18. The van der Waals surface area contributed by atoms with Gasteiger partial charge in [0.2, 0.25) is 5.89 Å². The first-order chi connectivity index (χ1) is 10.1. The van der Waals surface area contributed by atoms with Crippen molar-refractivity contribution >= 4 is 11.6 Å². The van der Waals surface area contributed by atoms with E-state index in [2.05, 4.69) is 17.1 Å². The molecule has 6 heteroatoms. The number of aromatic nitrogens is 2. The van der Waals surface area contributed by atoms with Gasteiger partial charge < -0.3 is 14.9 Å². The van der Waals surface area contributed by atoms with Crippen LogP contribution in [0.5, 0.6) is 5.75 Å². The van der Waals surface area contributed by atoms with E-state index >= 15 is 0 Å². The molecular formula is C15H20ClN3O2. The second kappa shape index (κ2) is 7.43. The Balaban J connectivity index is 1.97. The number of hydrogen-bond acceptors (Lipinski definition) is 5. The number of nitrogens with zero attached hydrogens (tertiary/aromatic N) is 2. The SMILES string of the molecule is CCc1nnc(COc2ccc(CC(N)CC)cc2Cl)o1. The topological polar surface area (TPSA) is 74.2 Å². The quantitative estimate of drug-likeness (QED) is 0.850. The molecule has 0 aliphatic heterocycles. The molecule has 0 radical (unpaired) electrons. The lowest BCUT2D eigenvalue weighted by Crippen LogP contribution is -2.21. The molecule has 1 unspecified atom stereocenters. The van der Waals surface area contributed by atoms with Gasteiger partial charge in [0.05, 0.1) is 5.02 Å². The van der Waals surface area contributed by atoms with E-state index in [4.69, 9.17) is 26.5 Å². The number of ether oxygens (including phenoxy) is 1. The molecule has 0 bridgehead atoms. The van der Waals surface area contributed by atoms with Gasteiger partial charge in [-0.05, 0) is 30.5 Å². The fraction of sp³-hybridized carbons (Fsp3) is 0.467. The molecule has 2 rings (SSSR count). The van der Waals surface area contributed by atoms with Crippen LogP contribution >= 0.6 is 11.6 Å². The third-order valence-corrected chi connectivity index (χ3v) is 3.48. The van der Waals surface area contributed by atoms with Gasteiger partial charge in [0.1, 0.15) is 5.75 Å². The standard InChI is InChI=1S/C15H20ClN3O2/c1-3-11(17)7-10-5-6-13(12(16)8-10)20-9-15-19-18-14(4-2)21-15/h5-6,8,11H,3-4,7,9,17H2,1-2H3. The Morgan fingerprint density at radius 1 is 1.29 bits per heavy atom. The molecule has 0 saturated heterocycles. The van der Waals surface area contributed by atoms with Crippen molar-refractivity contribution in [2.45, 2.75) is 45.8 Å². The lowest BCUT2D eigenvalue weighted by atomic mass is 10.0. The molecule has 5 nitrogen and oxygen atoms in total. The Hall–Kier alpha value is -1.59. The molecule has 0 aliphatic carbocycles. The van der Waals surface area contributed by atoms with Gasteiger partial charge in [0.15, 0.2) is 6.61 Å². The maximum absolute atomic E-state index is 6.22. The van der Waals surface area contributed by atoms with E-state index in [1.54, 1.807) is 0 Å². The van der Waals surface area contributed by atoms with E-state index in [1.807, 2.05) is 25.1 Å².